The number of guanidine groups is 1. The van der Waals surface area contributed by atoms with E-state index in [2.05, 4.69) is 20.6 Å². The summed E-state index contributed by atoms with van der Waals surface area (Å²) in [5.41, 5.74) is 1.45. The van der Waals surface area contributed by atoms with Crippen LogP contribution < -0.4 is 10.6 Å². The van der Waals surface area contributed by atoms with Gasteiger partial charge in [-0.3, -0.25) is 29.2 Å². The van der Waals surface area contributed by atoms with Crippen LogP contribution in [0.3, 0.4) is 0 Å². The number of piperidine rings is 1. The van der Waals surface area contributed by atoms with Crippen LogP contribution in [-0.4, -0.2) is 114 Å². The monoisotopic (exact) mass is 693 g/mol. The highest BCUT2D eigenvalue weighted by Crippen LogP contribution is 2.24. The van der Waals surface area contributed by atoms with E-state index in [9.17, 15) is 24.0 Å². The standard InChI is InChI=1S/C36H51N7O7/c1-5-41(6-2)32(45)24-49-33(46)21-30(28-20-27-10-7-8-11-29(27)39-22-28)40-34(47)26-13-17-42(18-14-26)31(44)12-9-15-37-35-38-16-19-43(35)36(48)50-23-25(3)4/h7-8,10-11,20,22,25-26,30H,5-6,9,12-19,21,23-24H2,1-4H3,(H,37,38)(H,40,47). The summed E-state index contributed by atoms with van der Waals surface area (Å²) in [6.07, 6.45) is 2.93. The fourth-order valence-corrected chi connectivity index (χ4v) is 5.94. The molecular formula is C36H51N7O7. The van der Waals surface area contributed by atoms with E-state index in [1.165, 1.54) is 4.90 Å². The van der Waals surface area contributed by atoms with Crippen molar-refractivity contribution in [1.82, 2.24) is 30.3 Å². The number of carbonyl (C=O) groups is 5. The molecule has 50 heavy (non-hydrogen) atoms. The number of rotatable bonds is 15. The van der Waals surface area contributed by atoms with E-state index in [0.29, 0.717) is 89.6 Å². The predicted molar refractivity (Wildman–Crippen MR) is 188 cm³/mol. The molecular weight excluding hydrogens is 642 g/mol. The molecule has 0 bridgehead atoms. The van der Waals surface area contributed by atoms with Crippen molar-refractivity contribution in [2.45, 2.75) is 65.8 Å². The van der Waals surface area contributed by atoms with Crippen molar-refractivity contribution in [3.05, 3.63) is 42.1 Å². The Balaban J connectivity index is 1.26. The molecule has 14 nitrogen and oxygen atoms in total. The molecule has 0 saturated carbocycles. The lowest BCUT2D eigenvalue weighted by Crippen LogP contribution is -2.44. The van der Waals surface area contributed by atoms with Crippen LogP contribution in [0, 0.1) is 11.8 Å². The zero-order valence-corrected chi connectivity index (χ0v) is 29.7. The molecule has 14 heteroatoms. The summed E-state index contributed by atoms with van der Waals surface area (Å²) in [4.78, 5) is 77.8. The zero-order chi connectivity index (χ0) is 36.0. The molecule has 0 spiro atoms. The minimum atomic E-state index is -0.708. The number of likely N-dealkylation sites (N-methyl/N-ethyl adjacent to an activating group) is 1. The normalized spacial score (nSPS) is 15.4. The van der Waals surface area contributed by atoms with Crippen molar-refractivity contribution in [2.24, 2.45) is 16.8 Å². The highest BCUT2D eigenvalue weighted by atomic mass is 16.6. The summed E-state index contributed by atoms with van der Waals surface area (Å²) >= 11 is 0. The lowest BCUT2D eigenvalue weighted by Gasteiger charge is -2.32. The molecule has 2 aliphatic heterocycles. The lowest BCUT2D eigenvalue weighted by molar-refractivity contribution is -0.152. The molecule has 2 aromatic rings. The second-order valence-corrected chi connectivity index (χ2v) is 13.0. The van der Waals surface area contributed by atoms with E-state index in [1.807, 2.05) is 58.0 Å². The van der Waals surface area contributed by atoms with E-state index in [0.717, 1.165) is 10.9 Å². The molecule has 4 rings (SSSR count). The molecule has 1 aromatic heterocycles. The number of aliphatic imine (C=N–C) groups is 1. The first-order chi connectivity index (χ1) is 24.1. The first-order valence-electron chi connectivity index (χ1n) is 17.7. The number of likely N-dealkylation sites (tertiary alicyclic amines) is 1. The third kappa shape index (κ3) is 10.9. The van der Waals surface area contributed by atoms with Crippen LogP contribution in [0.5, 0.6) is 0 Å². The fourth-order valence-electron chi connectivity index (χ4n) is 5.94. The number of fused-ring (bicyclic) bond motifs is 1. The number of amides is 4. The third-order valence-corrected chi connectivity index (χ3v) is 8.84. The SMILES string of the molecule is CCN(CC)C(=O)COC(=O)CC(NC(=O)C1CCN(C(=O)CCCNC2=NCCN2C(=O)OCC(C)C)CC1)c1cnc2ccccc2c1. The van der Waals surface area contributed by atoms with Gasteiger partial charge in [0.2, 0.25) is 17.8 Å². The van der Waals surface area contributed by atoms with E-state index in [4.69, 9.17) is 9.47 Å². The van der Waals surface area contributed by atoms with Crippen LogP contribution in [-0.2, 0) is 28.7 Å². The number of hydrogen-bond acceptors (Lipinski definition) is 10. The Bertz CT molecular complexity index is 1520. The number of para-hydroxylation sites is 1. The molecule has 0 radical (unpaired) electrons. The van der Waals surface area contributed by atoms with Gasteiger partial charge >= 0.3 is 12.1 Å². The number of pyridine rings is 1. The maximum atomic E-state index is 13.5. The Morgan fingerprint density at radius 2 is 1.76 bits per heavy atom. The van der Waals surface area contributed by atoms with Crippen molar-refractivity contribution >= 4 is 46.6 Å². The summed E-state index contributed by atoms with van der Waals surface area (Å²) in [7, 11) is 0. The van der Waals surface area contributed by atoms with Gasteiger partial charge in [-0.15, -0.1) is 0 Å². The summed E-state index contributed by atoms with van der Waals surface area (Å²) in [6, 6.07) is 8.77. The first kappa shape index (κ1) is 38.1. The average molecular weight is 694 g/mol. The van der Waals surface area contributed by atoms with E-state index in [1.54, 1.807) is 16.0 Å². The van der Waals surface area contributed by atoms with Crippen LogP contribution in [0.1, 0.15) is 71.4 Å². The largest absolute Gasteiger partial charge is 0.455 e. The van der Waals surface area contributed by atoms with Gasteiger partial charge in [0.05, 0.1) is 37.7 Å². The van der Waals surface area contributed by atoms with Crippen LogP contribution in [0.15, 0.2) is 41.5 Å². The van der Waals surface area contributed by atoms with Gasteiger partial charge in [0.15, 0.2) is 6.61 Å². The van der Waals surface area contributed by atoms with Crippen molar-refractivity contribution in [3.63, 3.8) is 0 Å². The summed E-state index contributed by atoms with van der Waals surface area (Å²) < 4.78 is 10.6. The molecule has 0 aliphatic carbocycles. The summed E-state index contributed by atoms with van der Waals surface area (Å²) in [6.45, 7) is 11.0. The summed E-state index contributed by atoms with van der Waals surface area (Å²) in [5, 5.41) is 7.06. The highest BCUT2D eigenvalue weighted by molar-refractivity contribution is 5.95. The Kier molecular flexibility index (Phi) is 14.4. The van der Waals surface area contributed by atoms with Gasteiger partial charge in [-0.1, -0.05) is 32.0 Å². The molecule has 1 fully saturated rings. The Labute approximate surface area is 293 Å². The number of hydrogen-bond donors (Lipinski definition) is 2. The third-order valence-electron chi connectivity index (χ3n) is 8.84. The van der Waals surface area contributed by atoms with Crippen molar-refractivity contribution in [1.29, 1.82) is 0 Å². The number of carbonyl (C=O) groups excluding carboxylic acids is 5. The van der Waals surface area contributed by atoms with E-state index in [-0.39, 0.29) is 42.6 Å². The number of nitrogens with one attached hydrogen (secondary N) is 2. The van der Waals surface area contributed by atoms with Crippen LogP contribution in [0.2, 0.25) is 0 Å². The lowest BCUT2D eigenvalue weighted by atomic mass is 9.94. The van der Waals surface area contributed by atoms with Gasteiger partial charge in [0, 0.05) is 56.6 Å². The van der Waals surface area contributed by atoms with E-state index >= 15 is 0 Å². The molecule has 3 heterocycles. The van der Waals surface area contributed by atoms with Crippen LogP contribution in [0.25, 0.3) is 10.9 Å². The molecule has 4 amide bonds. The maximum Gasteiger partial charge on any atom is 0.416 e. The molecule has 272 valence electrons. The Morgan fingerprint density at radius 1 is 1.02 bits per heavy atom. The number of ether oxygens (including phenoxy) is 2. The summed E-state index contributed by atoms with van der Waals surface area (Å²) in [5.74, 6) is -0.700. The van der Waals surface area contributed by atoms with Gasteiger partial charge in [-0.2, -0.15) is 0 Å². The van der Waals surface area contributed by atoms with Gasteiger partial charge in [0.25, 0.3) is 5.91 Å². The van der Waals surface area contributed by atoms with Gasteiger partial charge < -0.3 is 29.9 Å². The van der Waals surface area contributed by atoms with E-state index < -0.39 is 18.1 Å². The molecule has 1 atom stereocenters. The number of benzene rings is 1. The topological polar surface area (TPSA) is 163 Å². The van der Waals surface area contributed by atoms with Gasteiger partial charge in [-0.25, -0.2) is 9.69 Å². The average Bonchev–Trinajstić information content (AvgIpc) is 3.60. The molecule has 1 aromatic carbocycles. The van der Waals surface area contributed by atoms with Crippen molar-refractivity contribution < 1.29 is 33.4 Å². The molecule has 2 N–H and O–H groups in total. The number of esters is 1. The number of aromatic nitrogens is 1. The van der Waals surface area contributed by atoms with Crippen molar-refractivity contribution in [2.75, 3.05) is 59.0 Å². The minimum absolute atomic E-state index is 0.00865. The quantitative estimate of drug-likeness (QED) is 0.211. The second-order valence-electron chi connectivity index (χ2n) is 13.0. The second kappa shape index (κ2) is 18.9. The predicted octanol–water partition coefficient (Wildman–Crippen LogP) is 3.27. The first-order valence-corrected chi connectivity index (χ1v) is 17.7. The Hall–Kier alpha value is -4.75. The smallest absolute Gasteiger partial charge is 0.416 e. The molecule has 1 unspecified atom stereocenters. The van der Waals surface area contributed by atoms with Crippen molar-refractivity contribution in [3.8, 4) is 0 Å². The van der Waals surface area contributed by atoms with Crippen LogP contribution >= 0.6 is 0 Å². The molecule has 1 saturated heterocycles. The number of nitrogens with zero attached hydrogens (tertiary/aromatic N) is 5. The van der Waals surface area contributed by atoms with Crippen LogP contribution in [0.4, 0.5) is 4.79 Å². The fraction of sp³-hybridized carbons (Fsp3) is 0.583. The minimum Gasteiger partial charge on any atom is -0.455 e. The van der Waals surface area contributed by atoms with Gasteiger partial charge in [-0.05, 0) is 56.7 Å². The molecule has 2 aliphatic rings. The van der Waals surface area contributed by atoms with Gasteiger partial charge in [0.1, 0.15) is 0 Å². The maximum absolute atomic E-state index is 13.5. The zero-order valence-electron chi connectivity index (χ0n) is 29.7. The highest BCUT2D eigenvalue weighted by Gasteiger charge is 2.30. The Morgan fingerprint density at radius 3 is 2.48 bits per heavy atom.